The number of hydrogen-bond donors (Lipinski definition) is 1. The highest BCUT2D eigenvalue weighted by Crippen LogP contribution is 2.28. The molecule has 0 bridgehead atoms. The van der Waals surface area contributed by atoms with E-state index in [9.17, 15) is 14.4 Å². The first-order chi connectivity index (χ1) is 12.1. The molecular formula is C18H23N3O4. The standard InChI is InChI=1S/C18H23N3O4/c1-25-15-8-3-2-7-14(15)19-16(22)18(24)21-11-9-20(10-12-21)17(23)13-5-4-6-13/h2-3,7-8,13H,4-6,9-12H2,1H3,(H,19,22). The molecule has 1 saturated heterocycles. The van der Waals surface area contributed by atoms with Crippen LogP contribution in [0.25, 0.3) is 0 Å². The molecule has 1 heterocycles. The van der Waals surface area contributed by atoms with Crippen molar-refractivity contribution in [3.05, 3.63) is 24.3 Å². The molecule has 1 aromatic carbocycles. The molecule has 0 spiro atoms. The van der Waals surface area contributed by atoms with Crippen molar-refractivity contribution in [1.29, 1.82) is 0 Å². The van der Waals surface area contributed by atoms with Crippen molar-refractivity contribution in [2.24, 2.45) is 5.92 Å². The minimum atomic E-state index is -0.691. The zero-order chi connectivity index (χ0) is 17.8. The molecule has 3 rings (SSSR count). The molecule has 1 saturated carbocycles. The van der Waals surface area contributed by atoms with Gasteiger partial charge in [0.1, 0.15) is 5.75 Å². The van der Waals surface area contributed by atoms with Crippen molar-refractivity contribution in [2.45, 2.75) is 19.3 Å². The lowest BCUT2D eigenvalue weighted by Crippen LogP contribution is -2.54. The Hall–Kier alpha value is -2.57. The van der Waals surface area contributed by atoms with E-state index in [2.05, 4.69) is 5.32 Å². The highest BCUT2D eigenvalue weighted by Gasteiger charge is 2.33. The number of carbonyl (C=O) groups excluding carboxylic acids is 3. The lowest BCUT2D eigenvalue weighted by atomic mass is 9.84. The van der Waals surface area contributed by atoms with Crippen LogP contribution in [0.5, 0.6) is 5.75 Å². The Morgan fingerprint density at radius 2 is 1.68 bits per heavy atom. The van der Waals surface area contributed by atoms with E-state index < -0.39 is 11.8 Å². The summed E-state index contributed by atoms with van der Waals surface area (Å²) < 4.78 is 5.17. The highest BCUT2D eigenvalue weighted by atomic mass is 16.5. The summed E-state index contributed by atoms with van der Waals surface area (Å²) in [5, 5.41) is 2.59. The van der Waals surface area contributed by atoms with Crippen LogP contribution in [-0.2, 0) is 14.4 Å². The normalized spacial score (nSPS) is 17.6. The first kappa shape index (κ1) is 17.3. The van der Waals surface area contributed by atoms with Gasteiger partial charge in [0.05, 0.1) is 12.8 Å². The molecule has 134 valence electrons. The maximum absolute atomic E-state index is 12.3. The molecule has 0 unspecified atom stereocenters. The number of nitrogens with one attached hydrogen (secondary N) is 1. The van der Waals surface area contributed by atoms with Crippen LogP contribution in [0.1, 0.15) is 19.3 Å². The lowest BCUT2D eigenvalue weighted by Gasteiger charge is -2.37. The van der Waals surface area contributed by atoms with Gasteiger partial charge in [-0.25, -0.2) is 0 Å². The summed E-state index contributed by atoms with van der Waals surface area (Å²) in [7, 11) is 1.51. The van der Waals surface area contributed by atoms with Crippen LogP contribution in [0.2, 0.25) is 0 Å². The summed E-state index contributed by atoms with van der Waals surface area (Å²) >= 11 is 0. The summed E-state index contributed by atoms with van der Waals surface area (Å²) in [5.41, 5.74) is 0.460. The van der Waals surface area contributed by atoms with Crippen molar-refractivity contribution in [3.63, 3.8) is 0 Å². The third-order valence-corrected chi connectivity index (χ3v) is 4.88. The number of anilines is 1. The molecule has 3 amide bonds. The monoisotopic (exact) mass is 345 g/mol. The van der Waals surface area contributed by atoms with Crippen LogP contribution in [0.4, 0.5) is 5.69 Å². The van der Waals surface area contributed by atoms with Gasteiger partial charge < -0.3 is 19.9 Å². The molecule has 7 heteroatoms. The number of carbonyl (C=O) groups is 3. The number of benzene rings is 1. The fourth-order valence-corrected chi connectivity index (χ4v) is 3.11. The third kappa shape index (κ3) is 3.75. The molecule has 0 aromatic heterocycles. The largest absolute Gasteiger partial charge is 0.495 e. The first-order valence-electron chi connectivity index (χ1n) is 8.62. The predicted octanol–water partition coefficient (Wildman–Crippen LogP) is 1.10. The average Bonchev–Trinajstić information content (AvgIpc) is 2.60. The molecule has 7 nitrogen and oxygen atoms in total. The maximum atomic E-state index is 12.3. The van der Waals surface area contributed by atoms with Gasteiger partial charge in [0, 0.05) is 32.1 Å². The van der Waals surface area contributed by atoms with Gasteiger partial charge in [0.2, 0.25) is 5.91 Å². The molecule has 2 aliphatic rings. The van der Waals surface area contributed by atoms with Gasteiger partial charge in [-0.1, -0.05) is 18.6 Å². The molecule has 1 aliphatic heterocycles. The zero-order valence-corrected chi connectivity index (χ0v) is 14.4. The molecule has 1 aromatic rings. The number of hydrogen-bond acceptors (Lipinski definition) is 4. The number of amides is 3. The van der Waals surface area contributed by atoms with Gasteiger partial charge in [0.15, 0.2) is 0 Å². The van der Waals surface area contributed by atoms with Crippen molar-refractivity contribution in [3.8, 4) is 5.75 Å². The number of piperazine rings is 1. The van der Waals surface area contributed by atoms with Crippen molar-refractivity contribution in [2.75, 3.05) is 38.6 Å². The first-order valence-corrected chi connectivity index (χ1v) is 8.62. The summed E-state index contributed by atoms with van der Waals surface area (Å²) in [5.74, 6) is -0.419. The summed E-state index contributed by atoms with van der Waals surface area (Å²) in [6.07, 6.45) is 3.07. The molecule has 0 atom stereocenters. The number of methoxy groups -OCH3 is 1. The lowest BCUT2D eigenvalue weighted by molar-refractivity contribution is -0.147. The van der Waals surface area contributed by atoms with Crippen LogP contribution in [0.15, 0.2) is 24.3 Å². The summed E-state index contributed by atoms with van der Waals surface area (Å²) in [4.78, 5) is 40.1. The van der Waals surface area contributed by atoms with Gasteiger partial charge >= 0.3 is 11.8 Å². The van der Waals surface area contributed by atoms with E-state index >= 15 is 0 Å². The average molecular weight is 345 g/mol. The number of rotatable bonds is 3. The van der Waals surface area contributed by atoms with Gasteiger partial charge in [-0.15, -0.1) is 0 Å². The zero-order valence-electron chi connectivity index (χ0n) is 14.4. The second kappa shape index (κ2) is 7.55. The van der Waals surface area contributed by atoms with Crippen molar-refractivity contribution >= 4 is 23.4 Å². The van der Waals surface area contributed by atoms with E-state index in [1.807, 2.05) is 4.90 Å². The van der Waals surface area contributed by atoms with Crippen LogP contribution in [0.3, 0.4) is 0 Å². The Morgan fingerprint density at radius 1 is 1.04 bits per heavy atom. The molecular weight excluding hydrogens is 322 g/mol. The number of para-hydroxylation sites is 2. The van der Waals surface area contributed by atoms with Gasteiger partial charge in [-0.05, 0) is 25.0 Å². The van der Waals surface area contributed by atoms with Crippen LogP contribution < -0.4 is 10.1 Å². The fourth-order valence-electron chi connectivity index (χ4n) is 3.11. The quantitative estimate of drug-likeness (QED) is 0.832. The Morgan fingerprint density at radius 3 is 2.28 bits per heavy atom. The summed E-state index contributed by atoms with van der Waals surface area (Å²) in [6, 6.07) is 6.94. The Labute approximate surface area is 146 Å². The highest BCUT2D eigenvalue weighted by molar-refractivity contribution is 6.39. The molecule has 1 N–H and O–H groups in total. The predicted molar refractivity (Wildman–Crippen MR) is 92.1 cm³/mol. The number of nitrogens with zero attached hydrogens (tertiary/aromatic N) is 2. The minimum absolute atomic E-state index is 0.163. The Kier molecular flexibility index (Phi) is 5.21. The molecule has 2 fully saturated rings. The van der Waals surface area contributed by atoms with Crippen LogP contribution >= 0.6 is 0 Å². The molecule has 0 radical (unpaired) electrons. The van der Waals surface area contributed by atoms with Crippen LogP contribution in [0, 0.1) is 5.92 Å². The third-order valence-electron chi connectivity index (χ3n) is 4.88. The topological polar surface area (TPSA) is 79.0 Å². The van der Waals surface area contributed by atoms with Gasteiger partial charge in [-0.2, -0.15) is 0 Å². The molecule has 1 aliphatic carbocycles. The SMILES string of the molecule is COc1ccccc1NC(=O)C(=O)N1CCN(C(=O)C2CCC2)CC1. The minimum Gasteiger partial charge on any atom is -0.495 e. The second-order valence-corrected chi connectivity index (χ2v) is 6.40. The van der Waals surface area contributed by atoms with Gasteiger partial charge in [-0.3, -0.25) is 14.4 Å². The summed E-state index contributed by atoms with van der Waals surface area (Å²) in [6.45, 7) is 1.75. The van der Waals surface area contributed by atoms with Crippen LogP contribution in [-0.4, -0.2) is 60.8 Å². The van der Waals surface area contributed by atoms with E-state index in [4.69, 9.17) is 4.74 Å². The van der Waals surface area contributed by atoms with E-state index in [-0.39, 0.29) is 11.8 Å². The van der Waals surface area contributed by atoms with Crippen molar-refractivity contribution < 1.29 is 19.1 Å². The van der Waals surface area contributed by atoms with E-state index in [0.29, 0.717) is 37.6 Å². The van der Waals surface area contributed by atoms with E-state index in [0.717, 1.165) is 19.3 Å². The molecule has 25 heavy (non-hydrogen) atoms. The fraction of sp³-hybridized carbons (Fsp3) is 0.500. The van der Waals surface area contributed by atoms with Crippen molar-refractivity contribution in [1.82, 2.24) is 9.80 Å². The van der Waals surface area contributed by atoms with Gasteiger partial charge in [0.25, 0.3) is 0 Å². The Balaban J connectivity index is 1.53. The second-order valence-electron chi connectivity index (χ2n) is 6.40. The maximum Gasteiger partial charge on any atom is 0.314 e. The Bertz CT molecular complexity index is 664. The van der Waals surface area contributed by atoms with E-state index in [1.165, 1.54) is 12.0 Å². The number of ether oxygens (including phenoxy) is 1. The smallest absolute Gasteiger partial charge is 0.314 e. The van der Waals surface area contributed by atoms with E-state index in [1.54, 1.807) is 24.3 Å².